The van der Waals surface area contributed by atoms with E-state index in [1.54, 1.807) is 6.92 Å². The summed E-state index contributed by atoms with van der Waals surface area (Å²) in [6.07, 6.45) is -3.14. The van der Waals surface area contributed by atoms with Crippen LogP contribution in [0, 0.1) is 0 Å². The number of hydrogen-bond acceptors (Lipinski definition) is 3. The van der Waals surface area contributed by atoms with Crippen molar-refractivity contribution in [3.05, 3.63) is 12.7 Å². The third-order valence-electron chi connectivity index (χ3n) is 1.97. The van der Waals surface area contributed by atoms with Gasteiger partial charge >= 0.3 is 6.18 Å². The second-order valence-electron chi connectivity index (χ2n) is 3.70. The second kappa shape index (κ2) is 5.65. The molecule has 17 heavy (non-hydrogen) atoms. The molecule has 1 atom stereocenters. The van der Waals surface area contributed by atoms with Crippen LogP contribution in [0.4, 0.5) is 13.2 Å². The van der Waals surface area contributed by atoms with E-state index in [-0.39, 0.29) is 6.04 Å². The average Bonchev–Trinajstić information content (AvgIpc) is 2.66. The number of halogens is 3. The molecule has 0 aliphatic heterocycles. The van der Waals surface area contributed by atoms with Gasteiger partial charge in [-0.1, -0.05) is 0 Å². The van der Waals surface area contributed by atoms with Gasteiger partial charge in [-0.3, -0.25) is 9.48 Å². The Morgan fingerprint density at radius 3 is 2.76 bits per heavy atom. The highest BCUT2D eigenvalue weighted by Crippen LogP contribution is 2.20. The summed E-state index contributed by atoms with van der Waals surface area (Å²) >= 11 is 0. The molecule has 1 heterocycles. The Balaban J connectivity index is 2.26. The van der Waals surface area contributed by atoms with Crippen LogP contribution < -0.4 is 5.32 Å². The van der Waals surface area contributed by atoms with E-state index in [1.165, 1.54) is 17.3 Å². The largest absolute Gasteiger partial charge is 0.389 e. The van der Waals surface area contributed by atoms with E-state index in [1.807, 2.05) is 0 Å². The lowest BCUT2D eigenvalue weighted by Gasteiger charge is -2.14. The van der Waals surface area contributed by atoms with Gasteiger partial charge in [0.25, 0.3) is 0 Å². The molecule has 5 nitrogen and oxygen atoms in total. The molecule has 0 radical (unpaired) electrons. The van der Waals surface area contributed by atoms with Crippen LogP contribution in [0.3, 0.4) is 0 Å². The SMILES string of the molecule is C[C@H](Cn1cncn1)NC(=O)CCC(F)(F)F. The highest BCUT2D eigenvalue weighted by Gasteiger charge is 2.28. The lowest BCUT2D eigenvalue weighted by Crippen LogP contribution is -2.36. The topological polar surface area (TPSA) is 59.8 Å². The van der Waals surface area contributed by atoms with Crippen LogP contribution >= 0.6 is 0 Å². The molecule has 0 saturated heterocycles. The molecule has 0 unspecified atom stereocenters. The fourth-order valence-electron chi connectivity index (χ4n) is 1.26. The average molecular weight is 250 g/mol. The van der Waals surface area contributed by atoms with Gasteiger partial charge in [-0.2, -0.15) is 18.3 Å². The zero-order chi connectivity index (χ0) is 12.9. The molecular weight excluding hydrogens is 237 g/mol. The molecule has 0 spiro atoms. The van der Waals surface area contributed by atoms with E-state index in [4.69, 9.17) is 0 Å². The van der Waals surface area contributed by atoms with E-state index in [0.717, 1.165) is 0 Å². The van der Waals surface area contributed by atoms with Gasteiger partial charge in [-0.25, -0.2) is 4.98 Å². The first-order valence-electron chi connectivity index (χ1n) is 5.05. The zero-order valence-electron chi connectivity index (χ0n) is 9.24. The number of alkyl halides is 3. The van der Waals surface area contributed by atoms with Crippen molar-refractivity contribution in [2.45, 2.75) is 38.5 Å². The van der Waals surface area contributed by atoms with Crippen molar-refractivity contribution in [2.75, 3.05) is 0 Å². The first-order chi connectivity index (χ1) is 7.87. The quantitative estimate of drug-likeness (QED) is 0.852. The van der Waals surface area contributed by atoms with E-state index in [0.29, 0.717) is 6.54 Å². The third kappa shape index (κ3) is 5.88. The summed E-state index contributed by atoms with van der Waals surface area (Å²) in [7, 11) is 0. The maximum absolute atomic E-state index is 11.9. The predicted molar refractivity (Wildman–Crippen MR) is 52.9 cm³/mol. The molecule has 0 fully saturated rings. The lowest BCUT2D eigenvalue weighted by molar-refractivity contribution is -0.144. The zero-order valence-corrected chi connectivity index (χ0v) is 9.24. The van der Waals surface area contributed by atoms with Crippen molar-refractivity contribution < 1.29 is 18.0 Å². The summed E-state index contributed by atoms with van der Waals surface area (Å²) in [4.78, 5) is 14.9. The summed E-state index contributed by atoms with van der Waals surface area (Å²) in [5.41, 5.74) is 0. The molecule has 1 aromatic rings. The van der Waals surface area contributed by atoms with Gasteiger partial charge in [0, 0.05) is 12.5 Å². The van der Waals surface area contributed by atoms with Gasteiger partial charge in [0.05, 0.1) is 13.0 Å². The van der Waals surface area contributed by atoms with Crippen LogP contribution in [0.25, 0.3) is 0 Å². The molecule has 1 N–H and O–H groups in total. The Bertz CT molecular complexity index is 350. The Labute approximate surface area is 96.0 Å². The van der Waals surface area contributed by atoms with Crippen molar-refractivity contribution >= 4 is 5.91 Å². The summed E-state index contributed by atoms with van der Waals surface area (Å²) in [5.74, 6) is -0.616. The Kier molecular flexibility index (Phi) is 4.47. The van der Waals surface area contributed by atoms with Crippen molar-refractivity contribution in [3.63, 3.8) is 0 Å². The van der Waals surface area contributed by atoms with Gasteiger partial charge in [-0.05, 0) is 6.92 Å². The number of carbonyl (C=O) groups excluding carboxylic acids is 1. The highest BCUT2D eigenvalue weighted by molar-refractivity contribution is 5.76. The fraction of sp³-hybridized carbons (Fsp3) is 0.667. The first kappa shape index (κ1) is 13.5. The number of nitrogens with one attached hydrogen (secondary N) is 1. The maximum Gasteiger partial charge on any atom is 0.389 e. The number of rotatable bonds is 5. The van der Waals surface area contributed by atoms with Gasteiger partial charge in [-0.15, -0.1) is 0 Å². The maximum atomic E-state index is 11.9. The second-order valence-corrected chi connectivity index (χ2v) is 3.70. The van der Waals surface area contributed by atoms with Crippen molar-refractivity contribution in [1.29, 1.82) is 0 Å². The molecule has 0 aromatic carbocycles. The van der Waals surface area contributed by atoms with E-state index < -0.39 is 24.9 Å². The molecule has 1 aromatic heterocycles. The minimum absolute atomic E-state index is 0.294. The lowest BCUT2D eigenvalue weighted by atomic mass is 10.2. The third-order valence-corrected chi connectivity index (χ3v) is 1.97. The Morgan fingerprint density at radius 2 is 2.24 bits per heavy atom. The molecule has 96 valence electrons. The van der Waals surface area contributed by atoms with Crippen LogP contribution in [-0.2, 0) is 11.3 Å². The van der Waals surface area contributed by atoms with E-state index in [9.17, 15) is 18.0 Å². The van der Waals surface area contributed by atoms with Gasteiger partial charge in [0.1, 0.15) is 12.7 Å². The molecule has 0 aliphatic carbocycles. The Hall–Kier alpha value is -1.60. The predicted octanol–water partition coefficient (Wildman–Crippen LogP) is 1.13. The molecule has 1 rings (SSSR count). The molecule has 0 saturated carbocycles. The minimum Gasteiger partial charge on any atom is -0.352 e. The van der Waals surface area contributed by atoms with Crippen LogP contribution in [0.15, 0.2) is 12.7 Å². The molecular formula is C9H13F3N4O. The number of amides is 1. The first-order valence-corrected chi connectivity index (χ1v) is 5.05. The van der Waals surface area contributed by atoms with Gasteiger partial charge < -0.3 is 5.32 Å². The van der Waals surface area contributed by atoms with Crippen LogP contribution in [0.1, 0.15) is 19.8 Å². The molecule has 0 aliphatic rings. The summed E-state index contributed by atoms with van der Waals surface area (Å²) in [6, 6.07) is -0.294. The smallest absolute Gasteiger partial charge is 0.352 e. The van der Waals surface area contributed by atoms with Crippen molar-refractivity contribution in [3.8, 4) is 0 Å². The number of hydrogen-bond donors (Lipinski definition) is 1. The monoisotopic (exact) mass is 250 g/mol. The fourth-order valence-corrected chi connectivity index (χ4v) is 1.26. The Morgan fingerprint density at radius 1 is 1.53 bits per heavy atom. The normalized spacial score (nSPS) is 13.4. The highest BCUT2D eigenvalue weighted by atomic mass is 19.4. The number of nitrogens with zero attached hydrogens (tertiary/aromatic N) is 3. The summed E-state index contributed by atoms with van der Waals surface area (Å²) < 4.78 is 37.1. The van der Waals surface area contributed by atoms with Gasteiger partial charge in [0.2, 0.25) is 5.91 Å². The van der Waals surface area contributed by atoms with Crippen molar-refractivity contribution in [1.82, 2.24) is 20.1 Å². The summed E-state index contributed by atoms with van der Waals surface area (Å²) in [5, 5.41) is 6.29. The van der Waals surface area contributed by atoms with Crippen LogP contribution in [0.2, 0.25) is 0 Å². The van der Waals surface area contributed by atoms with E-state index >= 15 is 0 Å². The molecule has 1 amide bonds. The molecule has 8 heteroatoms. The summed E-state index contributed by atoms with van der Waals surface area (Å²) in [6.45, 7) is 2.06. The minimum atomic E-state index is -4.30. The number of aromatic nitrogens is 3. The molecule has 0 bridgehead atoms. The van der Waals surface area contributed by atoms with Crippen LogP contribution in [0.5, 0.6) is 0 Å². The van der Waals surface area contributed by atoms with Gasteiger partial charge in [0.15, 0.2) is 0 Å². The number of carbonyl (C=O) groups is 1. The van der Waals surface area contributed by atoms with Crippen LogP contribution in [-0.4, -0.2) is 32.9 Å². The van der Waals surface area contributed by atoms with Crippen molar-refractivity contribution in [2.24, 2.45) is 0 Å². The van der Waals surface area contributed by atoms with E-state index in [2.05, 4.69) is 15.4 Å². The standard InChI is InChI=1S/C9H13F3N4O/c1-7(4-16-6-13-5-14-16)15-8(17)2-3-9(10,11)12/h5-7H,2-4H2,1H3,(H,15,17)/t7-/m1/s1.